The van der Waals surface area contributed by atoms with Crippen molar-refractivity contribution < 1.29 is 14.4 Å². The molecule has 1 heterocycles. The zero-order valence-corrected chi connectivity index (χ0v) is 9.95. The maximum absolute atomic E-state index is 11.7. The first-order valence-corrected chi connectivity index (χ1v) is 5.47. The Morgan fingerprint density at radius 3 is 2.50 bits per heavy atom. The number of nitrogens with zero attached hydrogens (tertiary/aromatic N) is 1. The van der Waals surface area contributed by atoms with Crippen LogP contribution >= 0.6 is 0 Å². The Morgan fingerprint density at radius 1 is 1.50 bits per heavy atom. The topological polar surface area (TPSA) is 72.6 Å². The van der Waals surface area contributed by atoms with Gasteiger partial charge in [-0.2, -0.15) is 5.17 Å². The van der Waals surface area contributed by atoms with Gasteiger partial charge in [0.25, 0.3) is 5.91 Å². The SMILES string of the molecule is CCC(=O)C(C)=C(CC)C1CON(N)C1=O. The van der Waals surface area contributed by atoms with Crippen molar-refractivity contribution in [2.75, 3.05) is 6.61 Å². The monoisotopic (exact) mass is 226 g/mol. The molecular weight excluding hydrogens is 208 g/mol. The average Bonchev–Trinajstić information content (AvgIpc) is 2.61. The first kappa shape index (κ1) is 12.9. The summed E-state index contributed by atoms with van der Waals surface area (Å²) in [4.78, 5) is 28.2. The summed E-state index contributed by atoms with van der Waals surface area (Å²) in [5.74, 6) is 4.72. The van der Waals surface area contributed by atoms with Crippen molar-refractivity contribution in [3.05, 3.63) is 11.1 Å². The molecule has 0 radical (unpaired) electrons. The maximum atomic E-state index is 11.7. The Balaban J connectivity index is 2.99. The number of hydrogen-bond donors (Lipinski definition) is 1. The molecular formula is C11H18N2O3. The minimum atomic E-state index is -0.398. The number of nitrogens with two attached hydrogens (primary N) is 1. The van der Waals surface area contributed by atoms with Crippen LogP contribution in [0.3, 0.4) is 0 Å². The molecule has 16 heavy (non-hydrogen) atoms. The van der Waals surface area contributed by atoms with Crippen LogP contribution in [-0.2, 0) is 14.4 Å². The van der Waals surface area contributed by atoms with Gasteiger partial charge in [0.15, 0.2) is 5.78 Å². The predicted molar refractivity (Wildman–Crippen MR) is 58.8 cm³/mol. The molecule has 2 N–H and O–H groups in total. The smallest absolute Gasteiger partial charge is 0.270 e. The van der Waals surface area contributed by atoms with Gasteiger partial charge < -0.3 is 0 Å². The molecule has 0 aliphatic carbocycles. The normalized spacial score (nSPS) is 22.4. The van der Waals surface area contributed by atoms with E-state index in [0.717, 1.165) is 10.7 Å². The van der Waals surface area contributed by atoms with Crippen LogP contribution in [0.1, 0.15) is 33.6 Å². The van der Waals surface area contributed by atoms with Crippen LogP contribution in [0.5, 0.6) is 0 Å². The number of carbonyl (C=O) groups excluding carboxylic acids is 2. The molecule has 90 valence electrons. The van der Waals surface area contributed by atoms with Gasteiger partial charge in [-0.25, -0.2) is 5.84 Å². The van der Waals surface area contributed by atoms with E-state index in [1.165, 1.54) is 0 Å². The molecule has 0 aromatic carbocycles. The number of hydroxylamine groups is 1. The van der Waals surface area contributed by atoms with Crippen molar-refractivity contribution in [2.45, 2.75) is 33.6 Å². The number of amides is 1. The molecule has 5 heteroatoms. The van der Waals surface area contributed by atoms with Crippen LogP contribution < -0.4 is 5.84 Å². The Morgan fingerprint density at radius 2 is 2.12 bits per heavy atom. The third-order valence-corrected chi connectivity index (χ3v) is 2.92. The number of rotatable bonds is 4. The number of Topliss-reactive ketones (excluding diaryl/α,β-unsaturated/α-hetero) is 1. The lowest BCUT2D eigenvalue weighted by molar-refractivity contribution is -0.162. The number of ketones is 1. The Labute approximate surface area is 95.2 Å². The van der Waals surface area contributed by atoms with Gasteiger partial charge in [0.2, 0.25) is 0 Å². The fourth-order valence-corrected chi connectivity index (χ4v) is 1.91. The summed E-state index contributed by atoms with van der Waals surface area (Å²) >= 11 is 0. The molecule has 0 aromatic rings. The van der Waals surface area contributed by atoms with Gasteiger partial charge in [-0.05, 0) is 24.5 Å². The standard InChI is InChI=1S/C11H18N2O3/c1-4-8(7(3)10(14)5-2)9-6-16-13(12)11(9)15/h9H,4-6,12H2,1-3H3. The van der Waals surface area contributed by atoms with Crippen LogP contribution in [0.4, 0.5) is 0 Å². The highest BCUT2D eigenvalue weighted by atomic mass is 16.7. The summed E-state index contributed by atoms with van der Waals surface area (Å²) in [6.45, 7) is 5.72. The maximum Gasteiger partial charge on any atom is 0.270 e. The van der Waals surface area contributed by atoms with E-state index in [1.807, 2.05) is 6.92 Å². The lowest BCUT2D eigenvalue weighted by Gasteiger charge is -2.13. The number of hydrazine groups is 1. The van der Waals surface area contributed by atoms with E-state index in [0.29, 0.717) is 18.4 Å². The van der Waals surface area contributed by atoms with Crippen molar-refractivity contribution in [1.82, 2.24) is 5.17 Å². The van der Waals surface area contributed by atoms with Gasteiger partial charge in [-0.15, -0.1) is 0 Å². The molecule has 0 aromatic heterocycles. The highest BCUT2D eigenvalue weighted by molar-refractivity contribution is 5.96. The van der Waals surface area contributed by atoms with Crippen LogP contribution in [-0.4, -0.2) is 23.5 Å². The van der Waals surface area contributed by atoms with E-state index in [9.17, 15) is 9.59 Å². The van der Waals surface area contributed by atoms with Gasteiger partial charge in [-0.3, -0.25) is 14.4 Å². The predicted octanol–water partition coefficient (Wildman–Crippen LogP) is 0.956. The zero-order chi connectivity index (χ0) is 12.3. The van der Waals surface area contributed by atoms with E-state index in [-0.39, 0.29) is 18.3 Å². The van der Waals surface area contributed by atoms with E-state index >= 15 is 0 Å². The fraction of sp³-hybridized carbons (Fsp3) is 0.636. The number of allylic oxidation sites excluding steroid dienone is 1. The lowest BCUT2D eigenvalue weighted by atomic mass is 9.90. The molecule has 1 aliphatic rings. The number of hydrogen-bond acceptors (Lipinski definition) is 4. The van der Waals surface area contributed by atoms with Gasteiger partial charge >= 0.3 is 0 Å². The summed E-state index contributed by atoms with van der Waals surface area (Å²) in [6, 6.07) is 0. The van der Waals surface area contributed by atoms with Gasteiger partial charge in [-0.1, -0.05) is 13.8 Å². The molecule has 1 fully saturated rings. The summed E-state index contributed by atoms with van der Waals surface area (Å²) in [5, 5.41) is 0.754. The highest BCUT2D eigenvalue weighted by Gasteiger charge is 2.35. The summed E-state index contributed by atoms with van der Waals surface area (Å²) in [7, 11) is 0. The second kappa shape index (κ2) is 5.23. The van der Waals surface area contributed by atoms with Crippen molar-refractivity contribution in [3.8, 4) is 0 Å². The van der Waals surface area contributed by atoms with Crippen LogP contribution in [0.15, 0.2) is 11.1 Å². The van der Waals surface area contributed by atoms with E-state index in [2.05, 4.69) is 0 Å². The summed E-state index contributed by atoms with van der Waals surface area (Å²) in [6.07, 6.45) is 1.11. The number of carbonyl (C=O) groups is 2. The minimum absolute atomic E-state index is 0.0696. The van der Waals surface area contributed by atoms with Crippen molar-refractivity contribution in [3.63, 3.8) is 0 Å². The molecule has 1 rings (SSSR count). The van der Waals surface area contributed by atoms with Gasteiger partial charge in [0.05, 0.1) is 12.5 Å². The molecule has 1 saturated heterocycles. The molecule has 1 amide bonds. The van der Waals surface area contributed by atoms with E-state index in [1.54, 1.807) is 13.8 Å². The fourth-order valence-electron chi connectivity index (χ4n) is 1.91. The van der Waals surface area contributed by atoms with Crippen LogP contribution in [0.2, 0.25) is 0 Å². The quantitative estimate of drug-likeness (QED) is 0.440. The molecule has 0 bridgehead atoms. The third kappa shape index (κ3) is 2.31. The molecule has 1 unspecified atom stereocenters. The summed E-state index contributed by atoms with van der Waals surface area (Å²) in [5.41, 5.74) is 1.51. The second-order valence-electron chi connectivity index (χ2n) is 3.79. The van der Waals surface area contributed by atoms with Crippen molar-refractivity contribution in [1.29, 1.82) is 0 Å². The third-order valence-electron chi connectivity index (χ3n) is 2.92. The summed E-state index contributed by atoms with van der Waals surface area (Å²) < 4.78 is 0. The Bertz CT molecular complexity index is 336. The molecule has 1 atom stereocenters. The molecule has 5 nitrogen and oxygen atoms in total. The zero-order valence-electron chi connectivity index (χ0n) is 9.95. The van der Waals surface area contributed by atoms with Crippen LogP contribution in [0.25, 0.3) is 0 Å². The average molecular weight is 226 g/mol. The van der Waals surface area contributed by atoms with Gasteiger partial charge in [0, 0.05) is 6.42 Å². The minimum Gasteiger partial charge on any atom is -0.295 e. The van der Waals surface area contributed by atoms with Crippen LogP contribution in [0, 0.1) is 5.92 Å². The van der Waals surface area contributed by atoms with E-state index in [4.69, 9.17) is 10.7 Å². The largest absolute Gasteiger partial charge is 0.295 e. The lowest BCUT2D eigenvalue weighted by Crippen LogP contribution is -2.33. The Kier molecular flexibility index (Phi) is 4.20. The van der Waals surface area contributed by atoms with Crippen molar-refractivity contribution >= 4 is 11.7 Å². The van der Waals surface area contributed by atoms with E-state index < -0.39 is 5.92 Å². The highest BCUT2D eigenvalue weighted by Crippen LogP contribution is 2.26. The second-order valence-corrected chi connectivity index (χ2v) is 3.79. The molecule has 0 saturated carbocycles. The first-order valence-electron chi connectivity index (χ1n) is 5.47. The molecule has 0 spiro atoms. The van der Waals surface area contributed by atoms with Gasteiger partial charge in [0.1, 0.15) is 0 Å². The molecule has 1 aliphatic heterocycles. The van der Waals surface area contributed by atoms with Crippen molar-refractivity contribution in [2.24, 2.45) is 11.8 Å². The first-order chi connectivity index (χ1) is 7.52. The Hall–Kier alpha value is -1.20.